The Morgan fingerprint density at radius 3 is 2.58 bits per heavy atom. The molecule has 72 valence electrons. The quantitative estimate of drug-likeness (QED) is 0.655. The minimum Gasteiger partial charge on any atom is -0.306 e. The molecule has 0 aliphatic carbocycles. The number of rotatable bonds is 3. The van der Waals surface area contributed by atoms with Crippen molar-refractivity contribution in [1.29, 1.82) is 0 Å². The summed E-state index contributed by atoms with van der Waals surface area (Å²) in [6, 6.07) is 0.651. The van der Waals surface area contributed by atoms with Crippen LogP contribution in [0.2, 0.25) is 0 Å². The lowest BCUT2D eigenvalue weighted by Gasteiger charge is -2.28. The zero-order chi connectivity index (χ0) is 9.14. The van der Waals surface area contributed by atoms with Gasteiger partial charge in [-0.05, 0) is 40.0 Å². The fraction of sp³-hybridized carbons (Fsp3) is 1.00. The van der Waals surface area contributed by atoms with Crippen LogP contribution in [0.3, 0.4) is 0 Å². The van der Waals surface area contributed by atoms with E-state index in [0.29, 0.717) is 6.04 Å². The van der Waals surface area contributed by atoms with Crippen molar-refractivity contribution in [3.05, 3.63) is 0 Å². The third-order valence-electron chi connectivity index (χ3n) is 2.82. The Labute approximate surface area is 81.3 Å². The second kappa shape index (κ2) is 4.49. The zero-order valence-electron chi connectivity index (χ0n) is 8.32. The van der Waals surface area contributed by atoms with Crippen LogP contribution in [-0.4, -0.2) is 55.8 Å². The van der Waals surface area contributed by atoms with Crippen LogP contribution < -0.4 is 0 Å². The van der Waals surface area contributed by atoms with E-state index in [1.54, 1.807) is 0 Å². The summed E-state index contributed by atoms with van der Waals surface area (Å²) < 4.78 is 0. The molecule has 1 aliphatic rings. The molecule has 1 saturated heterocycles. The number of hydrogen-bond donors (Lipinski definition) is 1. The van der Waals surface area contributed by atoms with Crippen molar-refractivity contribution in [3.8, 4) is 0 Å². The minimum atomic E-state index is 0.651. The highest BCUT2D eigenvalue weighted by Crippen LogP contribution is 2.21. The summed E-state index contributed by atoms with van der Waals surface area (Å²) in [5.74, 6) is 1.80. The summed E-state index contributed by atoms with van der Waals surface area (Å²) in [5.41, 5.74) is 0. The molecule has 1 rings (SSSR count). The van der Waals surface area contributed by atoms with E-state index in [2.05, 4.69) is 43.6 Å². The smallest absolute Gasteiger partial charge is 0.0218 e. The van der Waals surface area contributed by atoms with Crippen molar-refractivity contribution >= 4 is 12.6 Å². The normalized spacial score (nSPS) is 28.2. The van der Waals surface area contributed by atoms with E-state index in [0.717, 1.165) is 11.7 Å². The predicted molar refractivity (Wildman–Crippen MR) is 56.9 cm³/mol. The SMILES string of the molecule is CN1CCC(C(CS)N(C)C)C1. The van der Waals surface area contributed by atoms with Crippen molar-refractivity contribution in [2.75, 3.05) is 40.0 Å². The van der Waals surface area contributed by atoms with E-state index < -0.39 is 0 Å². The summed E-state index contributed by atoms with van der Waals surface area (Å²) in [5, 5.41) is 0. The monoisotopic (exact) mass is 188 g/mol. The van der Waals surface area contributed by atoms with Crippen LogP contribution in [0.4, 0.5) is 0 Å². The lowest BCUT2D eigenvalue weighted by atomic mass is 10.00. The van der Waals surface area contributed by atoms with E-state index in [1.807, 2.05) is 0 Å². The molecular formula is C9H20N2S. The van der Waals surface area contributed by atoms with Gasteiger partial charge in [0.25, 0.3) is 0 Å². The Kier molecular flexibility index (Phi) is 3.87. The summed E-state index contributed by atoms with van der Waals surface area (Å²) >= 11 is 4.40. The van der Waals surface area contributed by atoms with Gasteiger partial charge in [0.2, 0.25) is 0 Å². The molecule has 0 N–H and O–H groups in total. The third kappa shape index (κ3) is 2.38. The molecule has 0 saturated carbocycles. The molecular weight excluding hydrogens is 168 g/mol. The van der Waals surface area contributed by atoms with E-state index in [9.17, 15) is 0 Å². The van der Waals surface area contributed by atoms with Crippen LogP contribution in [-0.2, 0) is 0 Å². The van der Waals surface area contributed by atoms with E-state index in [1.165, 1.54) is 19.5 Å². The predicted octanol–water partition coefficient (Wildman–Crippen LogP) is 0.798. The Hall–Kier alpha value is 0.270. The highest BCUT2D eigenvalue weighted by atomic mass is 32.1. The van der Waals surface area contributed by atoms with Crippen LogP contribution in [0, 0.1) is 5.92 Å². The first-order valence-corrected chi connectivity index (χ1v) is 5.24. The molecule has 0 spiro atoms. The van der Waals surface area contributed by atoms with Crippen molar-refractivity contribution < 1.29 is 0 Å². The van der Waals surface area contributed by atoms with Gasteiger partial charge in [-0.1, -0.05) is 0 Å². The summed E-state index contributed by atoms with van der Waals surface area (Å²) in [6.45, 7) is 2.49. The first-order chi connectivity index (χ1) is 5.65. The summed E-state index contributed by atoms with van der Waals surface area (Å²) in [6.07, 6.45) is 1.33. The maximum atomic E-state index is 4.40. The van der Waals surface area contributed by atoms with Gasteiger partial charge in [-0.15, -0.1) is 0 Å². The molecule has 2 nitrogen and oxygen atoms in total. The Balaban J connectivity index is 2.44. The van der Waals surface area contributed by atoms with Gasteiger partial charge in [-0.2, -0.15) is 12.6 Å². The lowest BCUT2D eigenvalue weighted by Crippen LogP contribution is -2.38. The van der Waals surface area contributed by atoms with Crippen LogP contribution in [0.25, 0.3) is 0 Å². The molecule has 3 heteroatoms. The first kappa shape index (κ1) is 10.4. The van der Waals surface area contributed by atoms with Crippen LogP contribution in [0.5, 0.6) is 0 Å². The van der Waals surface area contributed by atoms with Gasteiger partial charge in [0.05, 0.1) is 0 Å². The molecule has 2 atom stereocenters. The Morgan fingerprint density at radius 1 is 1.58 bits per heavy atom. The second-order valence-electron chi connectivity index (χ2n) is 4.02. The van der Waals surface area contributed by atoms with Crippen LogP contribution in [0.1, 0.15) is 6.42 Å². The standard InChI is InChI=1S/C9H20N2S/c1-10(2)9(7-12)8-4-5-11(3)6-8/h8-9,12H,4-7H2,1-3H3. The molecule has 0 aromatic rings. The van der Waals surface area contributed by atoms with Crippen molar-refractivity contribution in [3.63, 3.8) is 0 Å². The maximum absolute atomic E-state index is 4.40. The third-order valence-corrected chi connectivity index (χ3v) is 3.20. The first-order valence-electron chi connectivity index (χ1n) is 4.61. The van der Waals surface area contributed by atoms with Gasteiger partial charge in [-0.25, -0.2) is 0 Å². The van der Waals surface area contributed by atoms with Gasteiger partial charge in [0.1, 0.15) is 0 Å². The Bertz CT molecular complexity index is 138. The average molecular weight is 188 g/mol. The summed E-state index contributed by atoms with van der Waals surface area (Å²) in [4.78, 5) is 4.71. The average Bonchev–Trinajstić information content (AvgIpc) is 2.37. The molecule has 1 aliphatic heterocycles. The van der Waals surface area contributed by atoms with E-state index in [4.69, 9.17) is 0 Å². The topological polar surface area (TPSA) is 6.48 Å². The highest BCUT2D eigenvalue weighted by molar-refractivity contribution is 7.80. The molecule has 2 unspecified atom stereocenters. The van der Waals surface area contributed by atoms with Gasteiger partial charge in [0.15, 0.2) is 0 Å². The van der Waals surface area contributed by atoms with Crippen molar-refractivity contribution in [2.24, 2.45) is 5.92 Å². The zero-order valence-corrected chi connectivity index (χ0v) is 9.22. The molecule has 0 aromatic carbocycles. The van der Waals surface area contributed by atoms with E-state index in [-0.39, 0.29) is 0 Å². The molecule has 1 fully saturated rings. The van der Waals surface area contributed by atoms with Gasteiger partial charge >= 0.3 is 0 Å². The van der Waals surface area contributed by atoms with Crippen LogP contribution in [0.15, 0.2) is 0 Å². The highest BCUT2D eigenvalue weighted by Gasteiger charge is 2.27. The van der Waals surface area contributed by atoms with Crippen LogP contribution >= 0.6 is 12.6 Å². The number of hydrogen-bond acceptors (Lipinski definition) is 3. The largest absolute Gasteiger partial charge is 0.306 e. The molecule has 0 bridgehead atoms. The molecule has 0 amide bonds. The number of thiol groups is 1. The minimum absolute atomic E-state index is 0.651. The number of nitrogens with zero attached hydrogens (tertiary/aromatic N) is 2. The Morgan fingerprint density at radius 2 is 2.25 bits per heavy atom. The van der Waals surface area contributed by atoms with E-state index >= 15 is 0 Å². The fourth-order valence-electron chi connectivity index (χ4n) is 2.02. The maximum Gasteiger partial charge on any atom is 0.0218 e. The van der Waals surface area contributed by atoms with Crippen molar-refractivity contribution in [1.82, 2.24) is 9.80 Å². The summed E-state index contributed by atoms with van der Waals surface area (Å²) in [7, 11) is 6.50. The van der Waals surface area contributed by atoms with Crippen molar-refractivity contribution in [2.45, 2.75) is 12.5 Å². The molecule has 0 radical (unpaired) electrons. The van der Waals surface area contributed by atoms with Gasteiger partial charge < -0.3 is 9.80 Å². The number of likely N-dealkylation sites (tertiary alicyclic amines) is 1. The molecule has 12 heavy (non-hydrogen) atoms. The van der Waals surface area contributed by atoms with Gasteiger partial charge in [-0.3, -0.25) is 0 Å². The molecule has 0 aromatic heterocycles. The van der Waals surface area contributed by atoms with Gasteiger partial charge in [0, 0.05) is 18.3 Å². The lowest BCUT2D eigenvalue weighted by molar-refractivity contribution is 0.232. The molecule has 1 heterocycles. The second-order valence-corrected chi connectivity index (χ2v) is 4.39. The fourth-order valence-corrected chi connectivity index (χ4v) is 2.64.